The van der Waals surface area contributed by atoms with Gasteiger partial charge in [-0.2, -0.15) is 4.31 Å². The second-order valence-electron chi connectivity index (χ2n) is 7.07. The van der Waals surface area contributed by atoms with Crippen LogP contribution in [0.3, 0.4) is 0 Å². The molecule has 0 aromatic heterocycles. The van der Waals surface area contributed by atoms with Crippen LogP contribution in [0.4, 0.5) is 5.69 Å². The van der Waals surface area contributed by atoms with Crippen molar-refractivity contribution in [1.82, 2.24) is 9.21 Å². The molecule has 7 nitrogen and oxygen atoms in total. The van der Waals surface area contributed by atoms with E-state index in [0.29, 0.717) is 47.5 Å². The SMILES string of the molecule is COc1ccc(S(=O)(=O)N2CCN(C)CC2)cc1NC(=O)/C=C\c1ccc(Cl)c(Cl)c1. The Hall–Kier alpha value is -2.10. The lowest BCUT2D eigenvalue weighted by Crippen LogP contribution is -2.47. The minimum Gasteiger partial charge on any atom is -0.495 e. The Morgan fingerprint density at radius 3 is 2.42 bits per heavy atom. The van der Waals surface area contributed by atoms with Crippen molar-refractivity contribution in [1.29, 1.82) is 0 Å². The molecule has 3 rings (SSSR count). The lowest BCUT2D eigenvalue weighted by Gasteiger charge is -2.31. The van der Waals surface area contributed by atoms with Crippen LogP contribution < -0.4 is 10.1 Å². The zero-order valence-electron chi connectivity index (χ0n) is 17.1. The van der Waals surface area contributed by atoms with E-state index in [-0.39, 0.29) is 10.6 Å². The molecule has 1 N–H and O–H groups in total. The van der Waals surface area contributed by atoms with Crippen LogP contribution in [0, 0.1) is 0 Å². The van der Waals surface area contributed by atoms with E-state index in [0.717, 1.165) is 0 Å². The normalized spacial score (nSPS) is 15.9. The number of carbonyl (C=O) groups excluding carboxylic acids is 1. The minimum absolute atomic E-state index is 0.0987. The summed E-state index contributed by atoms with van der Waals surface area (Å²) in [4.78, 5) is 14.6. The maximum Gasteiger partial charge on any atom is 0.248 e. The Labute approximate surface area is 192 Å². The van der Waals surface area contributed by atoms with Crippen molar-refractivity contribution >= 4 is 50.9 Å². The quantitative estimate of drug-likeness (QED) is 0.635. The summed E-state index contributed by atoms with van der Waals surface area (Å²) < 4.78 is 32.8. The van der Waals surface area contributed by atoms with Crippen molar-refractivity contribution in [3.8, 4) is 5.75 Å². The molecule has 166 valence electrons. The Bertz CT molecular complexity index is 1100. The fourth-order valence-corrected chi connectivity index (χ4v) is 4.84. The van der Waals surface area contributed by atoms with Gasteiger partial charge in [-0.1, -0.05) is 29.3 Å². The molecule has 0 radical (unpaired) electrons. The topological polar surface area (TPSA) is 79.0 Å². The molecule has 1 fully saturated rings. The number of ether oxygens (including phenoxy) is 1. The molecular formula is C21H23Cl2N3O4S. The first kappa shape index (κ1) is 23.6. The Morgan fingerprint density at radius 2 is 1.77 bits per heavy atom. The number of hydrogen-bond acceptors (Lipinski definition) is 5. The molecule has 0 unspecified atom stereocenters. The Balaban J connectivity index is 1.79. The number of methoxy groups -OCH3 is 1. The van der Waals surface area contributed by atoms with Gasteiger partial charge in [0.05, 0.1) is 27.7 Å². The molecule has 2 aromatic carbocycles. The van der Waals surface area contributed by atoms with Gasteiger partial charge in [0.2, 0.25) is 15.9 Å². The number of anilines is 1. The van der Waals surface area contributed by atoms with Crippen LogP contribution >= 0.6 is 23.2 Å². The van der Waals surface area contributed by atoms with E-state index < -0.39 is 15.9 Å². The van der Waals surface area contributed by atoms with Crippen molar-refractivity contribution < 1.29 is 17.9 Å². The molecule has 0 aliphatic carbocycles. The summed E-state index contributed by atoms with van der Waals surface area (Å²) in [6.07, 6.45) is 2.90. The van der Waals surface area contributed by atoms with Gasteiger partial charge >= 0.3 is 0 Å². The number of hydrogen-bond donors (Lipinski definition) is 1. The van der Waals surface area contributed by atoms with E-state index in [4.69, 9.17) is 27.9 Å². The fourth-order valence-electron chi connectivity index (χ4n) is 3.09. The Morgan fingerprint density at radius 1 is 1.06 bits per heavy atom. The monoisotopic (exact) mass is 483 g/mol. The molecule has 2 aromatic rings. The minimum atomic E-state index is -3.68. The number of carbonyl (C=O) groups is 1. The maximum atomic E-state index is 13.0. The number of nitrogens with one attached hydrogen (secondary N) is 1. The lowest BCUT2D eigenvalue weighted by atomic mass is 10.2. The first-order chi connectivity index (χ1) is 14.7. The van der Waals surface area contributed by atoms with Crippen LogP contribution in [0.1, 0.15) is 5.56 Å². The number of rotatable bonds is 6. The van der Waals surface area contributed by atoms with Gasteiger partial charge in [0.1, 0.15) is 5.75 Å². The molecule has 31 heavy (non-hydrogen) atoms. The van der Waals surface area contributed by atoms with Crippen molar-refractivity contribution in [2.75, 3.05) is 45.7 Å². The molecule has 0 atom stereocenters. The summed E-state index contributed by atoms with van der Waals surface area (Å²) >= 11 is 11.9. The van der Waals surface area contributed by atoms with Gasteiger partial charge in [-0.3, -0.25) is 4.79 Å². The molecule has 10 heteroatoms. The van der Waals surface area contributed by atoms with E-state index in [1.165, 1.54) is 35.7 Å². The van der Waals surface area contributed by atoms with Gasteiger partial charge in [-0.25, -0.2) is 8.42 Å². The van der Waals surface area contributed by atoms with Crippen LogP contribution in [0.25, 0.3) is 6.08 Å². The largest absolute Gasteiger partial charge is 0.495 e. The summed E-state index contributed by atoms with van der Waals surface area (Å²) in [6, 6.07) is 9.42. The number of sulfonamides is 1. The molecule has 0 bridgehead atoms. The third kappa shape index (κ3) is 5.78. The number of amides is 1. The van der Waals surface area contributed by atoms with Gasteiger partial charge < -0.3 is 15.0 Å². The van der Waals surface area contributed by atoms with Crippen molar-refractivity contribution in [2.24, 2.45) is 0 Å². The van der Waals surface area contributed by atoms with E-state index in [9.17, 15) is 13.2 Å². The molecule has 1 heterocycles. The van der Waals surface area contributed by atoms with Gasteiger partial charge in [0.15, 0.2) is 0 Å². The number of nitrogens with zero attached hydrogens (tertiary/aromatic N) is 2. The average molecular weight is 484 g/mol. The van der Waals surface area contributed by atoms with E-state index >= 15 is 0 Å². The van der Waals surface area contributed by atoms with Crippen molar-refractivity contribution in [2.45, 2.75) is 4.90 Å². The zero-order chi connectivity index (χ0) is 22.6. The summed E-state index contributed by atoms with van der Waals surface area (Å²) in [5, 5.41) is 3.48. The maximum absolute atomic E-state index is 13.0. The lowest BCUT2D eigenvalue weighted by molar-refractivity contribution is -0.111. The highest BCUT2D eigenvalue weighted by Gasteiger charge is 2.28. The first-order valence-corrected chi connectivity index (χ1v) is 11.7. The molecule has 0 spiro atoms. The van der Waals surface area contributed by atoms with E-state index in [1.807, 2.05) is 7.05 Å². The summed E-state index contributed by atoms with van der Waals surface area (Å²) in [7, 11) is -0.274. The molecular weight excluding hydrogens is 461 g/mol. The average Bonchev–Trinajstić information content (AvgIpc) is 2.75. The van der Waals surface area contributed by atoms with Crippen LogP contribution in [0.5, 0.6) is 5.75 Å². The van der Waals surface area contributed by atoms with Crippen LogP contribution in [0.2, 0.25) is 10.0 Å². The second kappa shape index (κ2) is 10.0. The zero-order valence-corrected chi connectivity index (χ0v) is 19.5. The number of likely N-dealkylation sites (N-methyl/N-ethyl adjacent to an activating group) is 1. The predicted octanol–water partition coefficient (Wildman–Crippen LogP) is 3.59. The third-order valence-electron chi connectivity index (χ3n) is 4.90. The Kier molecular flexibility index (Phi) is 7.61. The molecule has 1 saturated heterocycles. The highest BCUT2D eigenvalue weighted by atomic mass is 35.5. The van der Waals surface area contributed by atoms with Crippen LogP contribution in [0.15, 0.2) is 47.4 Å². The van der Waals surface area contributed by atoms with Gasteiger partial charge in [0, 0.05) is 32.3 Å². The smallest absolute Gasteiger partial charge is 0.248 e. The molecule has 1 aliphatic rings. The summed E-state index contributed by atoms with van der Waals surface area (Å²) in [6.45, 7) is 2.16. The van der Waals surface area contributed by atoms with E-state index in [2.05, 4.69) is 10.2 Å². The van der Waals surface area contributed by atoms with Crippen LogP contribution in [-0.2, 0) is 14.8 Å². The van der Waals surface area contributed by atoms with Gasteiger partial charge in [-0.15, -0.1) is 0 Å². The number of piperazine rings is 1. The number of halogens is 2. The summed E-state index contributed by atoms with van der Waals surface area (Å²) in [5.41, 5.74) is 0.962. The van der Waals surface area contributed by atoms with Crippen molar-refractivity contribution in [3.05, 3.63) is 58.1 Å². The molecule has 0 saturated carbocycles. The predicted molar refractivity (Wildman–Crippen MR) is 123 cm³/mol. The highest BCUT2D eigenvalue weighted by Crippen LogP contribution is 2.29. The third-order valence-corrected chi connectivity index (χ3v) is 7.53. The van der Waals surface area contributed by atoms with Gasteiger partial charge in [-0.05, 0) is 49.0 Å². The fraction of sp³-hybridized carbons (Fsp3) is 0.286. The number of benzene rings is 2. The second-order valence-corrected chi connectivity index (χ2v) is 9.82. The van der Waals surface area contributed by atoms with E-state index in [1.54, 1.807) is 24.3 Å². The molecule has 1 aliphatic heterocycles. The molecule has 1 amide bonds. The van der Waals surface area contributed by atoms with Crippen molar-refractivity contribution in [3.63, 3.8) is 0 Å². The summed E-state index contributed by atoms with van der Waals surface area (Å²) in [5.74, 6) is -0.0906. The first-order valence-electron chi connectivity index (χ1n) is 9.51. The van der Waals surface area contributed by atoms with Gasteiger partial charge in [0.25, 0.3) is 0 Å². The standard InChI is InChI=1S/C21H23Cl2N3O4S/c1-25-9-11-26(12-10-25)31(28,29)16-5-7-20(30-2)19(14-16)24-21(27)8-4-15-3-6-17(22)18(23)13-15/h3-8,13-14H,9-12H2,1-2H3,(H,24,27)/b8-4-. The van der Waals surface area contributed by atoms with Crippen LogP contribution in [-0.4, -0.2) is 63.9 Å². The highest BCUT2D eigenvalue weighted by molar-refractivity contribution is 7.89.